The van der Waals surface area contributed by atoms with Crippen LogP contribution in [0.4, 0.5) is 4.79 Å². The van der Waals surface area contributed by atoms with Gasteiger partial charge in [-0.15, -0.1) is 11.3 Å². The number of urea groups is 1. The number of nitrogens with zero attached hydrogens (tertiary/aromatic N) is 2. The zero-order valence-electron chi connectivity index (χ0n) is 13.1. The van der Waals surface area contributed by atoms with Crippen LogP contribution in [0.5, 0.6) is 0 Å². The molecule has 1 aliphatic heterocycles. The quantitative estimate of drug-likeness (QED) is 0.856. The second kappa shape index (κ2) is 7.60. The number of nitrogens with two attached hydrogens (primary N) is 1. The second-order valence-corrected chi connectivity index (χ2v) is 6.82. The third-order valence-corrected chi connectivity index (χ3v) is 5.10. The standard InChI is InChI=1S/C15H24N4O2S/c1-18(2)12(13-4-3-9-22-13)10-17-15(21)19-7-5-11(6-8-19)14(16)20/h3-4,9,11-12H,5-8,10H2,1-2H3,(H2,16,20)(H,17,21)/t12-/m0/s1. The van der Waals surface area contributed by atoms with Gasteiger partial charge >= 0.3 is 6.03 Å². The Morgan fingerprint density at radius 3 is 2.64 bits per heavy atom. The average molecular weight is 324 g/mol. The van der Waals surface area contributed by atoms with Crippen LogP contribution in [0.3, 0.4) is 0 Å². The molecule has 2 rings (SSSR count). The summed E-state index contributed by atoms with van der Waals surface area (Å²) in [6.07, 6.45) is 1.32. The lowest BCUT2D eigenvalue weighted by Gasteiger charge is -2.31. The molecule has 0 spiro atoms. The fourth-order valence-electron chi connectivity index (χ4n) is 2.68. The minimum absolute atomic E-state index is 0.0636. The predicted octanol–water partition coefficient (Wildman–Crippen LogP) is 1.26. The number of nitrogens with one attached hydrogen (secondary N) is 1. The van der Waals surface area contributed by atoms with E-state index in [9.17, 15) is 9.59 Å². The van der Waals surface area contributed by atoms with Crippen molar-refractivity contribution in [1.82, 2.24) is 15.1 Å². The maximum Gasteiger partial charge on any atom is 0.317 e. The molecule has 1 aromatic heterocycles. The van der Waals surface area contributed by atoms with E-state index in [4.69, 9.17) is 5.73 Å². The number of likely N-dealkylation sites (tertiary alicyclic amines) is 1. The van der Waals surface area contributed by atoms with E-state index in [1.807, 2.05) is 25.5 Å². The molecule has 122 valence electrons. The molecule has 1 aliphatic rings. The number of hydrogen-bond acceptors (Lipinski definition) is 4. The van der Waals surface area contributed by atoms with Gasteiger partial charge in [0.25, 0.3) is 0 Å². The maximum atomic E-state index is 12.3. The summed E-state index contributed by atoms with van der Waals surface area (Å²) in [6, 6.07) is 4.21. The number of carbonyl (C=O) groups is 2. The first-order chi connectivity index (χ1) is 10.5. The summed E-state index contributed by atoms with van der Waals surface area (Å²) >= 11 is 1.69. The highest BCUT2D eigenvalue weighted by Crippen LogP contribution is 2.22. The molecule has 0 saturated carbocycles. The Balaban J connectivity index is 1.83. The van der Waals surface area contributed by atoms with E-state index in [2.05, 4.69) is 16.3 Å². The van der Waals surface area contributed by atoms with Crippen molar-refractivity contribution in [2.75, 3.05) is 33.7 Å². The van der Waals surface area contributed by atoms with Crippen molar-refractivity contribution >= 4 is 23.3 Å². The molecule has 2 heterocycles. The largest absolute Gasteiger partial charge is 0.369 e. The highest BCUT2D eigenvalue weighted by atomic mass is 32.1. The number of thiophene rings is 1. The topological polar surface area (TPSA) is 78.7 Å². The van der Waals surface area contributed by atoms with Crippen molar-refractivity contribution in [3.05, 3.63) is 22.4 Å². The number of likely N-dealkylation sites (N-methyl/N-ethyl adjacent to an activating group) is 1. The normalized spacial score (nSPS) is 17.5. The fourth-order valence-corrected chi connectivity index (χ4v) is 3.60. The van der Waals surface area contributed by atoms with Gasteiger partial charge in [0.2, 0.25) is 5.91 Å². The number of carbonyl (C=O) groups excluding carboxylic acids is 2. The Hall–Kier alpha value is -1.60. The Bertz CT molecular complexity index is 496. The van der Waals surface area contributed by atoms with Crippen molar-refractivity contribution < 1.29 is 9.59 Å². The van der Waals surface area contributed by atoms with Crippen LogP contribution in [0.25, 0.3) is 0 Å². The Kier molecular flexibility index (Phi) is 5.79. The first-order valence-corrected chi connectivity index (χ1v) is 8.39. The zero-order chi connectivity index (χ0) is 16.1. The summed E-state index contributed by atoms with van der Waals surface area (Å²) in [5.74, 6) is -0.352. The van der Waals surface area contributed by atoms with E-state index in [0.29, 0.717) is 32.5 Å². The third-order valence-electron chi connectivity index (χ3n) is 4.13. The van der Waals surface area contributed by atoms with Crippen LogP contribution in [0.2, 0.25) is 0 Å². The zero-order valence-corrected chi connectivity index (χ0v) is 13.9. The van der Waals surface area contributed by atoms with Crippen molar-refractivity contribution in [1.29, 1.82) is 0 Å². The summed E-state index contributed by atoms with van der Waals surface area (Å²) in [4.78, 5) is 28.5. The van der Waals surface area contributed by atoms with E-state index in [1.54, 1.807) is 16.2 Å². The minimum atomic E-state index is -0.259. The average Bonchev–Trinajstić information content (AvgIpc) is 3.01. The van der Waals surface area contributed by atoms with Gasteiger partial charge in [-0.3, -0.25) is 4.79 Å². The van der Waals surface area contributed by atoms with Gasteiger partial charge in [-0.05, 0) is 38.4 Å². The van der Waals surface area contributed by atoms with Crippen LogP contribution in [0.1, 0.15) is 23.8 Å². The molecule has 1 atom stereocenters. The highest BCUT2D eigenvalue weighted by Gasteiger charge is 2.26. The highest BCUT2D eigenvalue weighted by molar-refractivity contribution is 7.10. The van der Waals surface area contributed by atoms with Crippen LogP contribution in [-0.4, -0.2) is 55.5 Å². The van der Waals surface area contributed by atoms with E-state index < -0.39 is 0 Å². The maximum absolute atomic E-state index is 12.3. The molecule has 3 amide bonds. The molecule has 0 radical (unpaired) electrons. The molecule has 3 N–H and O–H groups in total. The lowest BCUT2D eigenvalue weighted by atomic mass is 9.96. The molecule has 0 aromatic carbocycles. The van der Waals surface area contributed by atoms with Gasteiger partial charge in [-0.25, -0.2) is 4.79 Å². The van der Waals surface area contributed by atoms with Crippen molar-refractivity contribution in [3.63, 3.8) is 0 Å². The molecule has 1 saturated heterocycles. The van der Waals surface area contributed by atoms with E-state index in [1.165, 1.54) is 4.88 Å². The lowest BCUT2D eigenvalue weighted by Crippen LogP contribution is -2.47. The molecule has 0 unspecified atom stereocenters. The monoisotopic (exact) mass is 324 g/mol. The second-order valence-electron chi connectivity index (χ2n) is 5.84. The molecule has 1 fully saturated rings. The first-order valence-electron chi connectivity index (χ1n) is 7.51. The fraction of sp³-hybridized carbons (Fsp3) is 0.600. The summed E-state index contributed by atoms with van der Waals surface area (Å²) in [5.41, 5.74) is 5.31. The SMILES string of the molecule is CN(C)[C@@H](CNC(=O)N1CCC(C(N)=O)CC1)c1cccs1. The van der Waals surface area contributed by atoms with E-state index in [-0.39, 0.29) is 23.9 Å². The molecule has 0 bridgehead atoms. The van der Waals surface area contributed by atoms with Gasteiger partial charge in [-0.2, -0.15) is 0 Å². The van der Waals surface area contributed by atoms with Gasteiger partial charge in [0.15, 0.2) is 0 Å². The van der Waals surface area contributed by atoms with Gasteiger partial charge in [0.1, 0.15) is 0 Å². The van der Waals surface area contributed by atoms with Gasteiger partial charge < -0.3 is 20.9 Å². The number of hydrogen-bond donors (Lipinski definition) is 2. The van der Waals surface area contributed by atoms with Crippen LogP contribution in [0, 0.1) is 5.92 Å². The summed E-state index contributed by atoms with van der Waals surface area (Å²) in [7, 11) is 4.02. The molecule has 1 aromatic rings. The van der Waals surface area contributed by atoms with Crippen LogP contribution in [-0.2, 0) is 4.79 Å². The number of primary amides is 1. The molecule has 7 heteroatoms. The summed E-state index contributed by atoms with van der Waals surface area (Å²) in [6.45, 7) is 1.75. The van der Waals surface area contributed by atoms with Crippen LogP contribution in [0.15, 0.2) is 17.5 Å². The van der Waals surface area contributed by atoms with Gasteiger partial charge in [-0.1, -0.05) is 6.07 Å². The molecule has 0 aliphatic carbocycles. The van der Waals surface area contributed by atoms with Crippen molar-refractivity contribution in [2.24, 2.45) is 11.7 Å². The molecular weight excluding hydrogens is 300 g/mol. The number of piperidine rings is 1. The van der Waals surface area contributed by atoms with E-state index in [0.717, 1.165) is 0 Å². The molecular formula is C15H24N4O2S. The Morgan fingerprint density at radius 1 is 1.45 bits per heavy atom. The predicted molar refractivity (Wildman–Crippen MR) is 87.6 cm³/mol. The smallest absolute Gasteiger partial charge is 0.317 e. The summed E-state index contributed by atoms with van der Waals surface area (Å²) < 4.78 is 0. The lowest BCUT2D eigenvalue weighted by molar-refractivity contribution is -0.123. The van der Waals surface area contributed by atoms with Gasteiger partial charge in [0, 0.05) is 30.4 Å². The summed E-state index contributed by atoms with van der Waals surface area (Å²) in [5, 5.41) is 5.05. The van der Waals surface area contributed by atoms with Crippen molar-refractivity contribution in [3.8, 4) is 0 Å². The number of amides is 3. The Labute approximate surface area is 135 Å². The number of rotatable bonds is 5. The van der Waals surface area contributed by atoms with Crippen LogP contribution >= 0.6 is 11.3 Å². The molecule has 6 nitrogen and oxygen atoms in total. The van der Waals surface area contributed by atoms with Gasteiger partial charge in [0.05, 0.1) is 6.04 Å². The third kappa shape index (κ3) is 4.20. The Morgan fingerprint density at radius 2 is 2.14 bits per heavy atom. The molecule has 22 heavy (non-hydrogen) atoms. The van der Waals surface area contributed by atoms with Crippen LogP contribution < -0.4 is 11.1 Å². The van der Waals surface area contributed by atoms with Crippen molar-refractivity contribution in [2.45, 2.75) is 18.9 Å². The minimum Gasteiger partial charge on any atom is -0.369 e. The first kappa shape index (κ1) is 16.8. The van der Waals surface area contributed by atoms with E-state index >= 15 is 0 Å².